The van der Waals surface area contributed by atoms with E-state index in [0.717, 1.165) is 44.9 Å². The van der Waals surface area contributed by atoms with Gasteiger partial charge in [0.2, 0.25) is 10.0 Å². The van der Waals surface area contributed by atoms with Gasteiger partial charge in [-0.3, -0.25) is 4.31 Å². The third-order valence-corrected chi connectivity index (χ3v) is 8.13. The quantitative estimate of drug-likeness (QED) is 0.589. The Balaban J connectivity index is 1.68. The van der Waals surface area contributed by atoms with Crippen molar-refractivity contribution in [2.24, 2.45) is 0 Å². The highest BCUT2D eigenvalue weighted by molar-refractivity contribution is 14.1. The molecule has 2 heterocycles. The Morgan fingerprint density at radius 1 is 1.13 bits per heavy atom. The van der Waals surface area contributed by atoms with Crippen LogP contribution in [0.5, 0.6) is 5.75 Å². The Bertz CT molecular complexity index is 1030. The zero-order valence-electron chi connectivity index (χ0n) is 17.6. The SMILES string of the molecule is COc1cc2c(cc1N1C[C@@H](C)N[C@@H](C)C1)N(S(=O)(=O)Cc1cccc(I)c1)CC2. The molecule has 0 unspecified atom stereocenters. The number of sulfonamides is 1. The molecular weight excluding hydrogens is 513 g/mol. The highest BCUT2D eigenvalue weighted by Crippen LogP contribution is 2.41. The maximum absolute atomic E-state index is 13.3. The normalized spacial score (nSPS) is 21.6. The van der Waals surface area contributed by atoms with Gasteiger partial charge in [-0.15, -0.1) is 0 Å². The number of nitrogens with zero attached hydrogens (tertiary/aromatic N) is 2. The van der Waals surface area contributed by atoms with Gasteiger partial charge in [0.25, 0.3) is 0 Å². The Kier molecular flexibility index (Phi) is 6.18. The Morgan fingerprint density at radius 3 is 2.53 bits per heavy atom. The summed E-state index contributed by atoms with van der Waals surface area (Å²) in [5.74, 6) is 0.818. The van der Waals surface area contributed by atoms with Gasteiger partial charge in [-0.05, 0) is 78.3 Å². The standard InChI is InChI=1S/C22H28IN3O3S/c1-15-12-25(13-16(2)24-15)21-11-20-18(10-22(21)29-3)7-8-26(20)30(27,28)14-17-5-4-6-19(23)9-17/h4-6,9-11,15-16,24H,7-8,12-14H2,1-3H3/t15-,16+. The molecule has 0 radical (unpaired) electrons. The molecule has 0 amide bonds. The lowest BCUT2D eigenvalue weighted by Crippen LogP contribution is -2.54. The number of piperazine rings is 1. The molecule has 2 aromatic carbocycles. The van der Waals surface area contributed by atoms with Gasteiger partial charge in [0.05, 0.1) is 24.2 Å². The molecule has 6 nitrogen and oxygen atoms in total. The molecule has 162 valence electrons. The first kappa shape index (κ1) is 21.7. The van der Waals surface area contributed by atoms with Crippen molar-refractivity contribution in [1.29, 1.82) is 0 Å². The van der Waals surface area contributed by atoms with Gasteiger partial charge >= 0.3 is 0 Å². The van der Waals surface area contributed by atoms with Crippen LogP contribution in [-0.2, 0) is 22.2 Å². The number of methoxy groups -OCH3 is 1. The maximum atomic E-state index is 13.3. The summed E-state index contributed by atoms with van der Waals surface area (Å²) in [6, 6.07) is 12.4. The minimum absolute atomic E-state index is 0.00630. The van der Waals surface area contributed by atoms with Crippen LogP contribution in [0, 0.1) is 3.57 Å². The summed E-state index contributed by atoms with van der Waals surface area (Å²) in [5.41, 5.74) is 3.59. The molecule has 2 aliphatic rings. The van der Waals surface area contributed by atoms with Crippen LogP contribution in [0.4, 0.5) is 11.4 Å². The number of anilines is 2. The van der Waals surface area contributed by atoms with Crippen LogP contribution in [0.1, 0.15) is 25.0 Å². The minimum atomic E-state index is -3.47. The smallest absolute Gasteiger partial charge is 0.239 e. The molecule has 2 aromatic rings. The second-order valence-electron chi connectivity index (χ2n) is 8.23. The summed E-state index contributed by atoms with van der Waals surface area (Å²) >= 11 is 2.21. The van der Waals surface area contributed by atoms with Gasteiger partial charge < -0.3 is 15.0 Å². The number of hydrogen-bond acceptors (Lipinski definition) is 5. The third-order valence-electron chi connectivity index (χ3n) is 5.71. The molecule has 0 aliphatic carbocycles. The molecule has 8 heteroatoms. The monoisotopic (exact) mass is 541 g/mol. The van der Waals surface area contributed by atoms with Crippen LogP contribution < -0.4 is 19.3 Å². The Hall–Kier alpha value is -1.52. The molecule has 1 fully saturated rings. The molecule has 4 rings (SSSR count). The third kappa shape index (κ3) is 4.40. The van der Waals surface area contributed by atoms with Crippen molar-refractivity contribution in [3.8, 4) is 5.75 Å². The predicted octanol–water partition coefficient (Wildman–Crippen LogP) is 3.38. The Labute approximate surface area is 192 Å². The lowest BCUT2D eigenvalue weighted by atomic mass is 10.1. The van der Waals surface area contributed by atoms with Gasteiger partial charge in [-0.2, -0.15) is 0 Å². The largest absolute Gasteiger partial charge is 0.495 e. The zero-order chi connectivity index (χ0) is 21.5. The van der Waals surface area contributed by atoms with E-state index in [4.69, 9.17) is 4.74 Å². The van der Waals surface area contributed by atoms with E-state index in [1.807, 2.05) is 36.4 Å². The van der Waals surface area contributed by atoms with Crippen LogP contribution in [0.15, 0.2) is 36.4 Å². The van der Waals surface area contributed by atoms with Gasteiger partial charge in [-0.1, -0.05) is 12.1 Å². The first-order valence-corrected chi connectivity index (χ1v) is 12.9. The number of nitrogens with one attached hydrogen (secondary N) is 1. The van der Waals surface area contributed by atoms with Crippen molar-refractivity contribution in [1.82, 2.24) is 5.32 Å². The second-order valence-corrected chi connectivity index (χ2v) is 11.4. The van der Waals surface area contributed by atoms with Crippen molar-refractivity contribution < 1.29 is 13.2 Å². The van der Waals surface area contributed by atoms with Crippen LogP contribution in [-0.4, -0.2) is 47.2 Å². The van der Waals surface area contributed by atoms with Crippen molar-refractivity contribution in [3.63, 3.8) is 0 Å². The lowest BCUT2D eigenvalue weighted by molar-refractivity contribution is 0.391. The van der Waals surface area contributed by atoms with Gasteiger partial charge in [0, 0.05) is 35.3 Å². The van der Waals surface area contributed by atoms with Gasteiger partial charge in [-0.25, -0.2) is 8.42 Å². The van der Waals surface area contributed by atoms with Crippen molar-refractivity contribution >= 4 is 44.0 Å². The van der Waals surface area contributed by atoms with Crippen molar-refractivity contribution in [2.75, 3.05) is 35.9 Å². The van der Waals surface area contributed by atoms with E-state index in [9.17, 15) is 8.42 Å². The van der Waals surface area contributed by atoms with Crippen molar-refractivity contribution in [2.45, 2.75) is 38.1 Å². The molecule has 0 spiro atoms. The molecule has 2 atom stereocenters. The van der Waals surface area contributed by atoms with E-state index in [2.05, 4.69) is 46.7 Å². The molecule has 30 heavy (non-hydrogen) atoms. The van der Waals surface area contributed by atoms with Crippen LogP contribution >= 0.6 is 22.6 Å². The van der Waals surface area contributed by atoms with E-state index >= 15 is 0 Å². The summed E-state index contributed by atoms with van der Waals surface area (Å²) in [6.45, 7) is 6.52. The fourth-order valence-electron chi connectivity index (χ4n) is 4.51. The average Bonchev–Trinajstić information content (AvgIpc) is 3.09. The van der Waals surface area contributed by atoms with Gasteiger partial charge in [0.15, 0.2) is 0 Å². The first-order chi connectivity index (χ1) is 14.3. The summed E-state index contributed by atoms with van der Waals surface area (Å²) in [7, 11) is -1.79. The fourth-order valence-corrected chi connectivity index (χ4v) is 6.72. The summed E-state index contributed by atoms with van der Waals surface area (Å²) in [5, 5.41) is 3.54. The predicted molar refractivity (Wildman–Crippen MR) is 130 cm³/mol. The number of fused-ring (bicyclic) bond motifs is 1. The topological polar surface area (TPSA) is 61.9 Å². The first-order valence-electron chi connectivity index (χ1n) is 10.2. The number of halogens is 1. The highest BCUT2D eigenvalue weighted by Gasteiger charge is 2.32. The van der Waals surface area contributed by atoms with E-state index in [1.54, 1.807) is 11.4 Å². The molecule has 1 N–H and O–H groups in total. The van der Waals surface area contributed by atoms with Crippen LogP contribution in [0.3, 0.4) is 0 Å². The van der Waals surface area contributed by atoms with E-state index < -0.39 is 10.0 Å². The molecule has 2 aliphatic heterocycles. The summed E-state index contributed by atoms with van der Waals surface area (Å²) in [4.78, 5) is 2.30. The number of benzene rings is 2. The molecule has 1 saturated heterocycles. The molecular formula is C22H28IN3O3S. The molecule has 0 bridgehead atoms. The van der Waals surface area contributed by atoms with Crippen LogP contribution in [0.25, 0.3) is 0 Å². The van der Waals surface area contributed by atoms with Gasteiger partial charge in [0.1, 0.15) is 5.75 Å². The lowest BCUT2D eigenvalue weighted by Gasteiger charge is -2.38. The second kappa shape index (κ2) is 8.55. The van der Waals surface area contributed by atoms with Crippen LogP contribution in [0.2, 0.25) is 0 Å². The van der Waals surface area contributed by atoms with E-state index in [-0.39, 0.29) is 5.75 Å². The minimum Gasteiger partial charge on any atom is -0.495 e. The summed E-state index contributed by atoms with van der Waals surface area (Å²) in [6.07, 6.45) is 0.700. The van der Waals surface area contributed by atoms with E-state index in [0.29, 0.717) is 25.0 Å². The number of rotatable bonds is 5. The van der Waals surface area contributed by atoms with Crippen molar-refractivity contribution in [3.05, 3.63) is 51.1 Å². The number of ether oxygens (including phenoxy) is 1. The fraction of sp³-hybridized carbons (Fsp3) is 0.455. The zero-order valence-corrected chi connectivity index (χ0v) is 20.5. The molecule has 0 saturated carbocycles. The average molecular weight is 541 g/mol. The molecule has 0 aromatic heterocycles. The Morgan fingerprint density at radius 2 is 1.87 bits per heavy atom. The number of hydrogen-bond donors (Lipinski definition) is 1. The summed E-state index contributed by atoms with van der Waals surface area (Å²) < 4.78 is 34.9. The van der Waals surface area contributed by atoms with E-state index in [1.165, 1.54) is 0 Å². The maximum Gasteiger partial charge on any atom is 0.239 e. The highest BCUT2D eigenvalue weighted by atomic mass is 127.